The van der Waals surface area contributed by atoms with Gasteiger partial charge >= 0.3 is 0 Å². The average Bonchev–Trinajstić information content (AvgIpc) is 3.20. The van der Waals surface area contributed by atoms with Gasteiger partial charge in [-0.3, -0.25) is 9.69 Å². The minimum atomic E-state index is -0.354. The lowest BCUT2D eigenvalue weighted by Gasteiger charge is -2.42. The normalized spacial score (nSPS) is 21.9. The second-order valence-corrected chi connectivity index (χ2v) is 6.08. The van der Waals surface area contributed by atoms with Gasteiger partial charge < -0.3 is 10.2 Å². The first-order chi connectivity index (χ1) is 8.55. The molecular formula is C14H27N3O. The van der Waals surface area contributed by atoms with Crippen LogP contribution in [0.15, 0.2) is 0 Å². The highest BCUT2D eigenvalue weighted by atomic mass is 16.2. The van der Waals surface area contributed by atoms with Gasteiger partial charge in [-0.25, -0.2) is 0 Å². The largest absolute Gasteiger partial charge is 0.341 e. The molecule has 1 saturated heterocycles. The maximum absolute atomic E-state index is 12.7. The number of hydrogen-bond donors (Lipinski definition) is 1. The summed E-state index contributed by atoms with van der Waals surface area (Å²) in [4.78, 5) is 17.1. The number of nitrogens with one attached hydrogen (secondary N) is 1. The number of hydrogen-bond acceptors (Lipinski definition) is 3. The van der Waals surface area contributed by atoms with Gasteiger partial charge in [0.2, 0.25) is 5.91 Å². The van der Waals surface area contributed by atoms with E-state index in [2.05, 4.69) is 35.9 Å². The standard InChI is InChI=1S/C14H27N3O/c1-4-16(11-12-5-6-12)13(18)14(2,3)17-9-7-15-8-10-17/h12,15H,4-11H2,1-3H3. The lowest BCUT2D eigenvalue weighted by atomic mass is 9.99. The molecule has 4 nitrogen and oxygen atoms in total. The third kappa shape index (κ3) is 3.04. The lowest BCUT2D eigenvalue weighted by molar-refractivity contribution is -0.143. The minimum absolute atomic E-state index is 0.304. The molecule has 0 unspecified atom stereocenters. The number of carbonyl (C=O) groups excluding carboxylic acids is 1. The molecule has 104 valence electrons. The van der Waals surface area contributed by atoms with Crippen LogP contribution in [-0.2, 0) is 4.79 Å². The van der Waals surface area contributed by atoms with E-state index in [9.17, 15) is 4.79 Å². The van der Waals surface area contributed by atoms with Gasteiger partial charge in [-0.15, -0.1) is 0 Å². The molecule has 1 heterocycles. The van der Waals surface area contributed by atoms with Gasteiger partial charge in [0, 0.05) is 39.3 Å². The zero-order valence-electron chi connectivity index (χ0n) is 12.0. The molecule has 0 bridgehead atoms. The van der Waals surface area contributed by atoms with Crippen molar-refractivity contribution in [2.45, 2.75) is 39.2 Å². The second-order valence-electron chi connectivity index (χ2n) is 6.08. The Bertz CT molecular complexity index is 293. The molecule has 0 spiro atoms. The fourth-order valence-electron chi connectivity index (χ4n) is 2.71. The molecule has 0 aromatic rings. The number of carbonyl (C=O) groups is 1. The predicted octanol–water partition coefficient (Wildman–Crippen LogP) is 0.929. The molecule has 1 aliphatic heterocycles. The average molecular weight is 253 g/mol. The molecule has 2 aliphatic rings. The first kappa shape index (κ1) is 13.8. The van der Waals surface area contributed by atoms with E-state index in [0.29, 0.717) is 5.91 Å². The SMILES string of the molecule is CCN(CC1CC1)C(=O)C(C)(C)N1CCNCC1. The van der Waals surface area contributed by atoms with E-state index >= 15 is 0 Å². The van der Waals surface area contributed by atoms with Crippen molar-refractivity contribution in [3.8, 4) is 0 Å². The minimum Gasteiger partial charge on any atom is -0.341 e. The molecule has 2 fully saturated rings. The number of likely N-dealkylation sites (N-methyl/N-ethyl adjacent to an activating group) is 1. The van der Waals surface area contributed by atoms with Crippen LogP contribution in [0, 0.1) is 5.92 Å². The Balaban J connectivity index is 1.98. The van der Waals surface area contributed by atoms with Crippen LogP contribution in [0.4, 0.5) is 0 Å². The van der Waals surface area contributed by atoms with E-state index in [1.54, 1.807) is 0 Å². The monoisotopic (exact) mass is 253 g/mol. The Morgan fingerprint density at radius 3 is 2.44 bits per heavy atom. The molecule has 1 amide bonds. The van der Waals surface area contributed by atoms with Crippen LogP contribution < -0.4 is 5.32 Å². The summed E-state index contributed by atoms with van der Waals surface area (Å²) in [5.74, 6) is 1.08. The Morgan fingerprint density at radius 1 is 1.33 bits per heavy atom. The zero-order valence-corrected chi connectivity index (χ0v) is 12.0. The van der Waals surface area contributed by atoms with Crippen LogP contribution in [0.3, 0.4) is 0 Å². The first-order valence-electron chi connectivity index (χ1n) is 7.31. The summed E-state index contributed by atoms with van der Waals surface area (Å²) in [6.07, 6.45) is 2.61. The smallest absolute Gasteiger partial charge is 0.242 e. The molecule has 1 saturated carbocycles. The van der Waals surface area contributed by atoms with Crippen LogP contribution in [0.5, 0.6) is 0 Å². The third-order valence-corrected chi connectivity index (χ3v) is 4.28. The summed E-state index contributed by atoms with van der Waals surface area (Å²) in [7, 11) is 0. The molecule has 0 aromatic heterocycles. The fourth-order valence-corrected chi connectivity index (χ4v) is 2.71. The van der Waals surface area contributed by atoms with E-state index in [1.807, 2.05) is 0 Å². The summed E-state index contributed by atoms with van der Waals surface area (Å²) in [5, 5.41) is 3.34. The quantitative estimate of drug-likeness (QED) is 0.792. The summed E-state index contributed by atoms with van der Waals surface area (Å²) < 4.78 is 0. The molecule has 0 radical (unpaired) electrons. The van der Waals surface area contributed by atoms with Crippen molar-refractivity contribution in [2.24, 2.45) is 5.92 Å². The first-order valence-corrected chi connectivity index (χ1v) is 7.31. The van der Waals surface area contributed by atoms with Gasteiger partial charge in [-0.05, 0) is 39.5 Å². The fraction of sp³-hybridized carbons (Fsp3) is 0.929. The maximum Gasteiger partial charge on any atom is 0.242 e. The summed E-state index contributed by atoms with van der Waals surface area (Å²) in [5.41, 5.74) is -0.354. The van der Waals surface area contributed by atoms with Crippen molar-refractivity contribution in [3.63, 3.8) is 0 Å². The highest BCUT2D eigenvalue weighted by molar-refractivity contribution is 5.85. The van der Waals surface area contributed by atoms with Crippen LogP contribution in [0.1, 0.15) is 33.6 Å². The highest BCUT2D eigenvalue weighted by Crippen LogP contribution is 2.30. The Labute approximate surface area is 111 Å². The van der Waals surface area contributed by atoms with Crippen LogP contribution in [0.25, 0.3) is 0 Å². The highest BCUT2D eigenvalue weighted by Gasteiger charge is 2.39. The van der Waals surface area contributed by atoms with Crippen LogP contribution in [-0.4, -0.2) is 60.5 Å². The topological polar surface area (TPSA) is 35.6 Å². The molecule has 0 aromatic carbocycles. The van der Waals surface area contributed by atoms with Crippen LogP contribution >= 0.6 is 0 Å². The van der Waals surface area contributed by atoms with E-state index in [4.69, 9.17) is 0 Å². The van der Waals surface area contributed by atoms with E-state index in [1.165, 1.54) is 12.8 Å². The van der Waals surface area contributed by atoms with Gasteiger partial charge in [0.15, 0.2) is 0 Å². The number of amides is 1. The Hall–Kier alpha value is -0.610. The molecule has 1 aliphatic carbocycles. The van der Waals surface area contributed by atoms with Crippen molar-refractivity contribution in [1.29, 1.82) is 0 Å². The third-order valence-electron chi connectivity index (χ3n) is 4.28. The van der Waals surface area contributed by atoms with Gasteiger partial charge in [0.25, 0.3) is 0 Å². The number of piperazine rings is 1. The van der Waals surface area contributed by atoms with Crippen molar-refractivity contribution in [1.82, 2.24) is 15.1 Å². The van der Waals surface area contributed by atoms with E-state index < -0.39 is 0 Å². The lowest BCUT2D eigenvalue weighted by Crippen LogP contribution is -2.60. The summed E-state index contributed by atoms with van der Waals surface area (Å²) in [6, 6.07) is 0. The predicted molar refractivity (Wildman–Crippen MR) is 73.5 cm³/mol. The zero-order chi connectivity index (χ0) is 13.2. The summed E-state index contributed by atoms with van der Waals surface area (Å²) in [6.45, 7) is 12.0. The maximum atomic E-state index is 12.7. The van der Waals surface area contributed by atoms with Gasteiger partial charge in [0.05, 0.1) is 5.54 Å². The molecule has 18 heavy (non-hydrogen) atoms. The van der Waals surface area contributed by atoms with Crippen molar-refractivity contribution < 1.29 is 4.79 Å². The Morgan fingerprint density at radius 2 is 1.94 bits per heavy atom. The van der Waals surface area contributed by atoms with E-state index in [0.717, 1.165) is 45.2 Å². The van der Waals surface area contributed by atoms with Crippen molar-refractivity contribution in [3.05, 3.63) is 0 Å². The Kier molecular flexibility index (Phi) is 4.28. The van der Waals surface area contributed by atoms with Crippen molar-refractivity contribution >= 4 is 5.91 Å². The molecular weight excluding hydrogens is 226 g/mol. The van der Waals surface area contributed by atoms with Gasteiger partial charge in [-0.2, -0.15) is 0 Å². The molecule has 2 rings (SSSR count). The van der Waals surface area contributed by atoms with Gasteiger partial charge in [-0.1, -0.05) is 0 Å². The number of rotatable bonds is 5. The van der Waals surface area contributed by atoms with E-state index in [-0.39, 0.29) is 5.54 Å². The summed E-state index contributed by atoms with van der Waals surface area (Å²) >= 11 is 0. The molecule has 1 N–H and O–H groups in total. The van der Waals surface area contributed by atoms with Crippen molar-refractivity contribution in [2.75, 3.05) is 39.3 Å². The molecule has 4 heteroatoms. The van der Waals surface area contributed by atoms with Crippen LogP contribution in [0.2, 0.25) is 0 Å². The molecule has 0 atom stereocenters. The second kappa shape index (κ2) is 5.57. The number of nitrogens with zero attached hydrogens (tertiary/aromatic N) is 2. The van der Waals surface area contributed by atoms with Gasteiger partial charge in [0.1, 0.15) is 0 Å².